The van der Waals surface area contributed by atoms with E-state index in [-0.39, 0.29) is 11.3 Å². The van der Waals surface area contributed by atoms with Crippen molar-refractivity contribution in [2.45, 2.75) is 0 Å². The Morgan fingerprint density at radius 2 is 2.27 bits per heavy atom. The molecule has 1 heterocycles. The van der Waals surface area contributed by atoms with Gasteiger partial charge in [0, 0.05) is 0 Å². The summed E-state index contributed by atoms with van der Waals surface area (Å²) in [7, 11) is 0. The summed E-state index contributed by atoms with van der Waals surface area (Å²) in [6.07, 6.45) is 1.21. The molecule has 2 nitrogen and oxygen atoms in total. The zero-order valence-corrected chi connectivity index (χ0v) is 5.67. The Morgan fingerprint density at radius 1 is 1.45 bits per heavy atom. The molecule has 0 aliphatic heterocycles. The Kier molecular flexibility index (Phi) is 1.18. The van der Waals surface area contributed by atoms with E-state index in [1.54, 1.807) is 6.07 Å². The molecule has 2 rings (SSSR count). The van der Waals surface area contributed by atoms with E-state index in [0.717, 1.165) is 0 Å². The second-order valence-electron chi connectivity index (χ2n) is 2.24. The highest BCUT2D eigenvalue weighted by Gasteiger charge is 2.06. The van der Waals surface area contributed by atoms with Gasteiger partial charge in [-0.15, -0.1) is 0 Å². The van der Waals surface area contributed by atoms with Crippen molar-refractivity contribution < 1.29 is 8.81 Å². The predicted molar refractivity (Wildman–Crippen MR) is 38.4 cm³/mol. The molecule has 2 aromatic rings. The minimum Gasteiger partial charge on any atom is -0.443 e. The Labute approximate surface area is 62.7 Å². The number of rotatable bonds is 0. The first-order valence-electron chi connectivity index (χ1n) is 3.12. The lowest BCUT2D eigenvalue weighted by atomic mass is 10.2. The van der Waals surface area contributed by atoms with E-state index in [2.05, 4.69) is 11.9 Å². The summed E-state index contributed by atoms with van der Waals surface area (Å²) in [5, 5.41) is 0. The fourth-order valence-electron chi connectivity index (χ4n) is 0.972. The monoisotopic (exact) mass is 150 g/mol. The fraction of sp³-hybridized carbons (Fsp3) is 0. The van der Waals surface area contributed by atoms with E-state index in [0.29, 0.717) is 11.1 Å². The van der Waals surface area contributed by atoms with Gasteiger partial charge in [0.1, 0.15) is 5.52 Å². The normalized spacial score (nSPS) is 10.7. The smallest absolute Gasteiger partial charge is 0.182 e. The van der Waals surface area contributed by atoms with E-state index in [9.17, 15) is 4.39 Å². The number of hydrogen-bond acceptors (Lipinski definition) is 2. The van der Waals surface area contributed by atoms with Crippen LogP contribution in [0.2, 0.25) is 0 Å². The van der Waals surface area contributed by atoms with Crippen LogP contribution >= 0.6 is 0 Å². The molecule has 1 radical (unpaired) electrons. The summed E-state index contributed by atoms with van der Waals surface area (Å²) >= 11 is 0. The molecule has 0 aliphatic carbocycles. The lowest BCUT2D eigenvalue weighted by Crippen LogP contribution is -1.79. The molecule has 0 saturated heterocycles. The molecule has 11 heavy (non-hydrogen) atoms. The van der Waals surface area contributed by atoms with Crippen molar-refractivity contribution >= 4 is 11.1 Å². The first kappa shape index (κ1) is 6.34. The third kappa shape index (κ3) is 0.808. The van der Waals surface area contributed by atoms with Crippen LogP contribution in [0.25, 0.3) is 11.1 Å². The van der Waals surface area contributed by atoms with Crippen molar-refractivity contribution in [2.24, 2.45) is 0 Å². The van der Waals surface area contributed by atoms with Crippen molar-refractivity contribution in [2.75, 3.05) is 0 Å². The van der Waals surface area contributed by atoms with Crippen LogP contribution in [-0.2, 0) is 0 Å². The highest BCUT2D eigenvalue weighted by Crippen LogP contribution is 2.19. The van der Waals surface area contributed by atoms with Crippen LogP contribution in [0.4, 0.5) is 4.39 Å². The van der Waals surface area contributed by atoms with Gasteiger partial charge in [-0.25, -0.2) is 9.37 Å². The van der Waals surface area contributed by atoms with Crippen LogP contribution in [0.15, 0.2) is 22.9 Å². The second kappa shape index (κ2) is 2.05. The first-order chi connectivity index (χ1) is 5.29. The summed E-state index contributed by atoms with van der Waals surface area (Å²) < 4.78 is 17.8. The van der Waals surface area contributed by atoms with Crippen molar-refractivity contribution in [3.63, 3.8) is 0 Å². The lowest BCUT2D eigenvalue weighted by Gasteiger charge is -1.92. The Balaban J connectivity index is 2.96. The number of aromatic nitrogens is 1. The van der Waals surface area contributed by atoms with E-state index in [1.807, 2.05) is 0 Å². The largest absolute Gasteiger partial charge is 0.443 e. The van der Waals surface area contributed by atoms with E-state index in [4.69, 9.17) is 4.42 Å². The molecule has 55 valence electrons. The van der Waals surface area contributed by atoms with Gasteiger partial charge < -0.3 is 4.42 Å². The summed E-state index contributed by atoms with van der Waals surface area (Å²) in [5.41, 5.74) is 1.32. The van der Waals surface area contributed by atoms with Crippen LogP contribution in [-0.4, -0.2) is 4.98 Å². The number of hydrogen-bond donors (Lipinski definition) is 0. The Bertz CT molecular complexity index is 358. The first-order valence-corrected chi connectivity index (χ1v) is 3.12. The maximum Gasteiger partial charge on any atom is 0.182 e. The maximum atomic E-state index is 12.8. The van der Waals surface area contributed by atoms with Crippen molar-refractivity contribution in [3.8, 4) is 0 Å². The SMILES string of the molecule is [CH2]c1ccc(F)c2ncoc12. The van der Waals surface area contributed by atoms with Crippen molar-refractivity contribution in [3.05, 3.63) is 36.8 Å². The molecule has 1 aromatic heterocycles. The summed E-state index contributed by atoms with van der Waals surface area (Å²) in [4.78, 5) is 3.70. The average Bonchev–Trinajstić information content (AvgIpc) is 2.45. The van der Waals surface area contributed by atoms with Gasteiger partial charge in [-0.3, -0.25) is 0 Å². The topological polar surface area (TPSA) is 26.0 Å². The third-order valence-corrected chi connectivity index (χ3v) is 1.52. The third-order valence-electron chi connectivity index (χ3n) is 1.52. The van der Waals surface area contributed by atoms with Crippen molar-refractivity contribution in [1.29, 1.82) is 0 Å². The van der Waals surface area contributed by atoms with Crippen LogP contribution in [0, 0.1) is 12.7 Å². The molecular formula is C8H5FNO. The minimum atomic E-state index is -0.374. The van der Waals surface area contributed by atoms with Gasteiger partial charge in [-0.1, -0.05) is 6.07 Å². The molecular weight excluding hydrogens is 145 g/mol. The van der Waals surface area contributed by atoms with E-state index in [1.165, 1.54) is 12.5 Å². The Morgan fingerprint density at radius 3 is 3.00 bits per heavy atom. The van der Waals surface area contributed by atoms with Gasteiger partial charge in [0.15, 0.2) is 17.8 Å². The molecule has 0 fully saturated rings. The molecule has 0 atom stereocenters. The molecule has 1 aromatic carbocycles. The number of nitrogens with zero attached hydrogens (tertiary/aromatic N) is 1. The van der Waals surface area contributed by atoms with E-state index >= 15 is 0 Å². The van der Waals surface area contributed by atoms with Gasteiger partial charge in [0.2, 0.25) is 0 Å². The van der Waals surface area contributed by atoms with Crippen LogP contribution < -0.4 is 0 Å². The minimum absolute atomic E-state index is 0.248. The summed E-state index contributed by atoms with van der Waals surface area (Å²) in [6, 6.07) is 2.88. The average molecular weight is 150 g/mol. The number of halogens is 1. The maximum absolute atomic E-state index is 12.8. The molecule has 0 spiro atoms. The quantitative estimate of drug-likeness (QED) is 0.575. The lowest BCUT2D eigenvalue weighted by molar-refractivity contribution is 0.599. The number of fused-ring (bicyclic) bond motifs is 1. The molecule has 3 heteroatoms. The van der Waals surface area contributed by atoms with Crippen LogP contribution in [0.3, 0.4) is 0 Å². The summed E-state index contributed by atoms with van der Waals surface area (Å²) in [6.45, 7) is 3.66. The zero-order chi connectivity index (χ0) is 7.84. The molecule has 0 bridgehead atoms. The predicted octanol–water partition coefficient (Wildman–Crippen LogP) is 2.15. The van der Waals surface area contributed by atoms with Crippen molar-refractivity contribution in [1.82, 2.24) is 4.98 Å². The van der Waals surface area contributed by atoms with Gasteiger partial charge in [-0.05, 0) is 18.6 Å². The molecule has 0 unspecified atom stereocenters. The zero-order valence-electron chi connectivity index (χ0n) is 5.67. The van der Waals surface area contributed by atoms with Gasteiger partial charge in [0.25, 0.3) is 0 Å². The van der Waals surface area contributed by atoms with E-state index < -0.39 is 0 Å². The molecule has 0 N–H and O–H groups in total. The molecule has 0 saturated carbocycles. The number of benzene rings is 1. The Hall–Kier alpha value is -1.38. The summed E-state index contributed by atoms with van der Waals surface area (Å²) in [5.74, 6) is -0.374. The number of oxazole rings is 1. The van der Waals surface area contributed by atoms with Gasteiger partial charge in [0.05, 0.1) is 0 Å². The van der Waals surface area contributed by atoms with Gasteiger partial charge >= 0.3 is 0 Å². The second-order valence-corrected chi connectivity index (χ2v) is 2.24. The van der Waals surface area contributed by atoms with Crippen LogP contribution in [0.5, 0.6) is 0 Å². The highest BCUT2D eigenvalue weighted by molar-refractivity contribution is 5.77. The standard InChI is InChI=1S/C8H5FNO/c1-5-2-3-6(9)7-8(5)11-4-10-7/h2-4H,1H2. The fourth-order valence-corrected chi connectivity index (χ4v) is 0.972. The highest BCUT2D eigenvalue weighted by atomic mass is 19.1. The molecule has 0 aliphatic rings. The van der Waals surface area contributed by atoms with Crippen LogP contribution in [0.1, 0.15) is 5.56 Å². The van der Waals surface area contributed by atoms with Gasteiger partial charge in [-0.2, -0.15) is 0 Å². The molecule has 0 amide bonds.